The summed E-state index contributed by atoms with van der Waals surface area (Å²) in [5, 5.41) is 2.84. The number of carbonyl (C=O) groups excluding carboxylic acids is 1. The van der Waals surface area contributed by atoms with E-state index in [0.717, 1.165) is 24.9 Å². The Kier molecular flexibility index (Phi) is 3.97. The van der Waals surface area contributed by atoms with Crippen LogP contribution in [-0.4, -0.2) is 5.91 Å². The van der Waals surface area contributed by atoms with Crippen LogP contribution in [-0.2, 0) is 12.8 Å². The van der Waals surface area contributed by atoms with Gasteiger partial charge >= 0.3 is 0 Å². The van der Waals surface area contributed by atoms with Crippen LogP contribution in [0.2, 0.25) is 0 Å². The highest BCUT2D eigenvalue weighted by atomic mass is 32.1. The summed E-state index contributed by atoms with van der Waals surface area (Å²) in [7, 11) is 0. The Bertz CT molecular complexity index is 699. The second kappa shape index (κ2) is 5.90. The van der Waals surface area contributed by atoms with E-state index in [1.807, 2.05) is 12.1 Å². The van der Waals surface area contributed by atoms with Gasteiger partial charge in [0.15, 0.2) is 0 Å². The zero-order valence-electron chi connectivity index (χ0n) is 11.5. The molecule has 0 saturated carbocycles. The van der Waals surface area contributed by atoms with Crippen molar-refractivity contribution in [2.45, 2.75) is 30.6 Å². The molecule has 0 saturated heterocycles. The molecule has 1 N–H and O–H groups in total. The van der Waals surface area contributed by atoms with Crippen LogP contribution in [0, 0.1) is 5.82 Å². The van der Waals surface area contributed by atoms with Crippen LogP contribution in [0.25, 0.3) is 0 Å². The van der Waals surface area contributed by atoms with Crippen LogP contribution < -0.4 is 5.32 Å². The fourth-order valence-corrected chi connectivity index (χ4v) is 2.98. The summed E-state index contributed by atoms with van der Waals surface area (Å²) < 4.78 is 13.8. The molecule has 1 amide bonds. The van der Waals surface area contributed by atoms with Gasteiger partial charge in [-0.15, -0.1) is 12.6 Å². The summed E-state index contributed by atoms with van der Waals surface area (Å²) in [6.45, 7) is 0. The van der Waals surface area contributed by atoms with Crippen LogP contribution in [0.5, 0.6) is 0 Å². The number of rotatable bonds is 2. The predicted octanol–water partition coefficient (Wildman–Crippen LogP) is 4.25. The second-order valence-electron chi connectivity index (χ2n) is 5.27. The van der Waals surface area contributed by atoms with Crippen molar-refractivity contribution in [3.8, 4) is 0 Å². The van der Waals surface area contributed by atoms with E-state index >= 15 is 0 Å². The average molecular weight is 301 g/mol. The van der Waals surface area contributed by atoms with Gasteiger partial charge in [-0.2, -0.15) is 0 Å². The SMILES string of the molecule is O=C(Nc1cccc2c1CCCC2)c1cc(S)ccc1F. The van der Waals surface area contributed by atoms with E-state index in [0.29, 0.717) is 4.90 Å². The van der Waals surface area contributed by atoms with Gasteiger partial charge in [-0.1, -0.05) is 12.1 Å². The van der Waals surface area contributed by atoms with E-state index in [-0.39, 0.29) is 5.56 Å². The average Bonchev–Trinajstić information content (AvgIpc) is 2.50. The number of nitrogens with one attached hydrogen (secondary N) is 1. The van der Waals surface area contributed by atoms with Crippen molar-refractivity contribution in [3.63, 3.8) is 0 Å². The minimum Gasteiger partial charge on any atom is -0.322 e. The Morgan fingerprint density at radius 2 is 1.95 bits per heavy atom. The van der Waals surface area contributed by atoms with Gasteiger partial charge in [0.05, 0.1) is 5.56 Å². The Hall–Kier alpha value is -1.81. The lowest BCUT2D eigenvalue weighted by molar-refractivity contribution is 0.102. The van der Waals surface area contributed by atoms with Crippen molar-refractivity contribution >= 4 is 24.2 Å². The summed E-state index contributed by atoms with van der Waals surface area (Å²) >= 11 is 4.15. The third kappa shape index (κ3) is 2.95. The van der Waals surface area contributed by atoms with Crippen LogP contribution in [0.3, 0.4) is 0 Å². The lowest BCUT2D eigenvalue weighted by Crippen LogP contribution is -2.16. The summed E-state index contributed by atoms with van der Waals surface area (Å²) in [5.41, 5.74) is 3.28. The van der Waals surface area contributed by atoms with Gasteiger partial charge in [-0.25, -0.2) is 4.39 Å². The molecular weight excluding hydrogens is 285 g/mol. The summed E-state index contributed by atoms with van der Waals surface area (Å²) in [5.74, 6) is -0.961. The van der Waals surface area contributed by atoms with Crippen LogP contribution >= 0.6 is 12.6 Å². The van der Waals surface area contributed by atoms with Crippen molar-refractivity contribution in [1.29, 1.82) is 0 Å². The molecule has 0 unspecified atom stereocenters. The molecule has 0 atom stereocenters. The minimum atomic E-state index is -0.532. The number of carbonyl (C=O) groups is 1. The molecule has 0 fully saturated rings. The molecule has 2 aromatic carbocycles. The molecule has 0 spiro atoms. The van der Waals surface area contributed by atoms with Gasteiger partial charge in [-0.05, 0) is 61.1 Å². The number of fused-ring (bicyclic) bond motifs is 1. The maximum atomic E-state index is 13.8. The normalized spacial score (nSPS) is 13.6. The number of halogens is 1. The van der Waals surface area contributed by atoms with Crippen molar-refractivity contribution in [2.24, 2.45) is 0 Å². The van der Waals surface area contributed by atoms with Gasteiger partial charge in [-0.3, -0.25) is 4.79 Å². The van der Waals surface area contributed by atoms with Crippen molar-refractivity contribution in [3.05, 3.63) is 58.9 Å². The highest BCUT2D eigenvalue weighted by molar-refractivity contribution is 7.80. The van der Waals surface area contributed by atoms with E-state index in [1.165, 1.54) is 35.7 Å². The zero-order chi connectivity index (χ0) is 14.8. The number of benzene rings is 2. The molecule has 0 aromatic heterocycles. The van der Waals surface area contributed by atoms with E-state index < -0.39 is 11.7 Å². The molecule has 108 valence electrons. The third-order valence-corrected chi connectivity index (χ3v) is 4.12. The maximum Gasteiger partial charge on any atom is 0.258 e. The van der Waals surface area contributed by atoms with Crippen LogP contribution in [0.1, 0.15) is 34.3 Å². The fourth-order valence-electron chi connectivity index (χ4n) is 2.78. The Balaban J connectivity index is 1.90. The Labute approximate surface area is 128 Å². The number of hydrogen-bond donors (Lipinski definition) is 2. The standard InChI is InChI=1S/C17H16FNOS/c18-15-9-8-12(21)10-14(15)17(20)19-16-7-3-5-11-4-1-2-6-13(11)16/h3,5,7-10,21H,1-2,4,6H2,(H,19,20). The fraction of sp³-hybridized carbons (Fsp3) is 0.235. The summed E-state index contributed by atoms with van der Waals surface area (Å²) in [6.07, 6.45) is 4.31. The highest BCUT2D eigenvalue weighted by Gasteiger charge is 2.17. The molecule has 0 radical (unpaired) electrons. The van der Waals surface area contributed by atoms with E-state index in [9.17, 15) is 9.18 Å². The Morgan fingerprint density at radius 3 is 2.81 bits per heavy atom. The lowest BCUT2D eigenvalue weighted by atomic mass is 9.90. The summed E-state index contributed by atoms with van der Waals surface area (Å²) in [6, 6.07) is 10.1. The molecular formula is C17H16FNOS. The summed E-state index contributed by atoms with van der Waals surface area (Å²) in [4.78, 5) is 12.9. The highest BCUT2D eigenvalue weighted by Crippen LogP contribution is 2.28. The lowest BCUT2D eigenvalue weighted by Gasteiger charge is -2.19. The van der Waals surface area contributed by atoms with Gasteiger partial charge in [0, 0.05) is 10.6 Å². The third-order valence-electron chi connectivity index (χ3n) is 3.84. The number of aryl methyl sites for hydroxylation is 1. The quantitative estimate of drug-likeness (QED) is 0.798. The first-order valence-electron chi connectivity index (χ1n) is 7.06. The van der Waals surface area contributed by atoms with E-state index in [1.54, 1.807) is 0 Å². The number of amides is 1. The molecule has 0 bridgehead atoms. The predicted molar refractivity (Wildman–Crippen MR) is 84.7 cm³/mol. The number of anilines is 1. The molecule has 2 nitrogen and oxygen atoms in total. The number of thiol groups is 1. The van der Waals surface area contributed by atoms with Crippen LogP contribution in [0.4, 0.5) is 10.1 Å². The molecule has 4 heteroatoms. The Morgan fingerprint density at radius 1 is 1.14 bits per heavy atom. The first-order chi connectivity index (χ1) is 10.1. The van der Waals surface area contributed by atoms with E-state index in [4.69, 9.17) is 0 Å². The van der Waals surface area contributed by atoms with Crippen molar-refractivity contribution < 1.29 is 9.18 Å². The van der Waals surface area contributed by atoms with Gasteiger partial charge < -0.3 is 5.32 Å². The molecule has 21 heavy (non-hydrogen) atoms. The molecule has 1 aliphatic carbocycles. The number of hydrogen-bond acceptors (Lipinski definition) is 2. The van der Waals surface area contributed by atoms with Crippen molar-refractivity contribution in [2.75, 3.05) is 5.32 Å². The second-order valence-corrected chi connectivity index (χ2v) is 5.79. The molecule has 0 aliphatic heterocycles. The molecule has 0 heterocycles. The van der Waals surface area contributed by atoms with Gasteiger partial charge in [0.1, 0.15) is 5.82 Å². The van der Waals surface area contributed by atoms with Gasteiger partial charge in [0.2, 0.25) is 0 Å². The zero-order valence-corrected chi connectivity index (χ0v) is 12.4. The molecule has 1 aliphatic rings. The first kappa shape index (κ1) is 14.1. The van der Waals surface area contributed by atoms with Crippen LogP contribution in [0.15, 0.2) is 41.3 Å². The van der Waals surface area contributed by atoms with Crippen molar-refractivity contribution in [1.82, 2.24) is 0 Å². The monoisotopic (exact) mass is 301 g/mol. The van der Waals surface area contributed by atoms with E-state index in [2.05, 4.69) is 24.0 Å². The topological polar surface area (TPSA) is 29.1 Å². The smallest absolute Gasteiger partial charge is 0.258 e. The largest absolute Gasteiger partial charge is 0.322 e. The first-order valence-corrected chi connectivity index (χ1v) is 7.50. The molecule has 3 rings (SSSR count). The molecule has 2 aromatic rings. The maximum absolute atomic E-state index is 13.8. The van der Waals surface area contributed by atoms with Gasteiger partial charge in [0.25, 0.3) is 5.91 Å². The minimum absolute atomic E-state index is 0.0240.